The molecule has 0 aliphatic heterocycles. The fraction of sp³-hybridized carbons (Fsp3) is 0.370. The number of aliphatic hydroxyl groups excluding tert-OH is 2. The first-order valence-corrected chi connectivity index (χ1v) is 13.1. The van der Waals surface area contributed by atoms with Crippen LogP contribution in [0.5, 0.6) is 0 Å². The first-order chi connectivity index (χ1) is 18.6. The van der Waals surface area contributed by atoms with Gasteiger partial charge in [0.15, 0.2) is 17.5 Å². The number of aliphatic hydroxyl groups is 2. The third-order valence-electron chi connectivity index (χ3n) is 6.47. The molecule has 3 rings (SSSR count). The lowest BCUT2D eigenvalue weighted by Crippen LogP contribution is -2.51. The van der Waals surface area contributed by atoms with E-state index in [0.717, 1.165) is 27.2 Å². The van der Waals surface area contributed by atoms with Crippen molar-refractivity contribution < 1.29 is 32.9 Å². The summed E-state index contributed by atoms with van der Waals surface area (Å²) in [5.41, 5.74) is 5.65. The maximum absolute atomic E-state index is 13.7. The molecule has 1 aromatic heterocycles. The van der Waals surface area contributed by atoms with Gasteiger partial charge < -0.3 is 30.6 Å². The Kier molecular flexibility index (Phi) is 10.7. The number of thiophene rings is 1. The second-order valence-corrected chi connectivity index (χ2v) is 10.3. The minimum absolute atomic E-state index is 0.0950. The lowest BCUT2D eigenvalue weighted by molar-refractivity contribution is -0.0730. The average molecular weight is 567 g/mol. The van der Waals surface area contributed by atoms with E-state index in [9.17, 15) is 28.2 Å². The largest absolute Gasteiger partial charge is 0.397 e. The molecule has 2 aromatic carbocycles. The number of methoxy groups -OCH3 is 1. The molecule has 0 saturated heterocycles. The number of rotatable bonds is 13. The van der Waals surface area contributed by atoms with E-state index in [1.165, 1.54) is 24.6 Å². The van der Waals surface area contributed by atoms with Crippen molar-refractivity contribution in [3.05, 3.63) is 76.6 Å². The van der Waals surface area contributed by atoms with Crippen molar-refractivity contribution in [3.63, 3.8) is 0 Å². The maximum atomic E-state index is 13.7. The topological polar surface area (TPSA) is 125 Å². The Morgan fingerprint density at radius 3 is 2.44 bits per heavy atom. The minimum Gasteiger partial charge on any atom is -0.397 e. The number of hydrazine groups is 1. The molecule has 1 heterocycles. The normalized spacial score (nSPS) is 14.3. The highest BCUT2D eigenvalue weighted by molar-refractivity contribution is 7.20. The van der Waals surface area contributed by atoms with Crippen molar-refractivity contribution in [1.82, 2.24) is 9.91 Å². The van der Waals surface area contributed by atoms with E-state index in [2.05, 4.69) is 0 Å². The zero-order valence-electron chi connectivity index (χ0n) is 21.7. The van der Waals surface area contributed by atoms with Gasteiger partial charge in [-0.05, 0) is 48.9 Å². The quantitative estimate of drug-likeness (QED) is 0.108. The molecule has 212 valence electrons. The van der Waals surface area contributed by atoms with Crippen LogP contribution in [-0.4, -0.2) is 71.6 Å². The first-order valence-electron chi connectivity index (χ1n) is 12.3. The number of carbonyl (C=O) groups is 1. The van der Waals surface area contributed by atoms with Gasteiger partial charge in [0.25, 0.3) is 5.91 Å². The van der Waals surface area contributed by atoms with Gasteiger partial charge in [0.1, 0.15) is 12.2 Å². The number of nitrogens with two attached hydrogens (primary N) is 2. The molecular formula is C27H33F3N4O4S. The predicted molar refractivity (Wildman–Crippen MR) is 145 cm³/mol. The molecule has 0 spiro atoms. The Balaban J connectivity index is 1.66. The maximum Gasteiger partial charge on any atom is 0.263 e. The van der Waals surface area contributed by atoms with Crippen LogP contribution in [0.2, 0.25) is 0 Å². The van der Waals surface area contributed by atoms with Gasteiger partial charge in [-0.25, -0.2) is 19.0 Å². The van der Waals surface area contributed by atoms with E-state index in [1.54, 1.807) is 11.9 Å². The van der Waals surface area contributed by atoms with E-state index in [4.69, 9.17) is 16.3 Å². The average Bonchev–Trinajstić information content (AvgIpc) is 3.35. The molecule has 12 heteroatoms. The van der Waals surface area contributed by atoms with E-state index >= 15 is 0 Å². The molecule has 8 nitrogen and oxygen atoms in total. The summed E-state index contributed by atoms with van der Waals surface area (Å²) in [7, 11) is 3.04. The Labute approximate surface area is 228 Å². The number of ether oxygens (including phenoxy) is 1. The molecule has 3 aromatic rings. The van der Waals surface area contributed by atoms with Crippen molar-refractivity contribution in [3.8, 4) is 0 Å². The summed E-state index contributed by atoms with van der Waals surface area (Å²) in [6, 6.07) is 10.3. The summed E-state index contributed by atoms with van der Waals surface area (Å²) in [6.07, 6.45) is 0.352. The first kappa shape index (κ1) is 30.4. The minimum atomic E-state index is -1.62. The van der Waals surface area contributed by atoms with Gasteiger partial charge in [0.2, 0.25) is 0 Å². The lowest BCUT2D eigenvalue weighted by Gasteiger charge is -2.34. The fourth-order valence-electron chi connectivity index (χ4n) is 4.20. The van der Waals surface area contributed by atoms with E-state index in [-0.39, 0.29) is 17.2 Å². The summed E-state index contributed by atoms with van der Waals surface area (Å²) in [4.78, 5) is 15.1. The zero-order valence-corrected chi connectivity index (χ0v) is 22.5. The zero-order chi connectivity index (χ0) is 28.7. The van der Waals surface area contributed by atoms with Crippen LogP contribution in [0.15, 0.2) is 48.7 Å². The van der Waals surface area contributed by atoms with E-state index in [1.807, 2.05) is 30.3 Å². The standard InChI is InChI=1S/C27H33F3N4O4S/c1-33(27(37)24-13-16-7-3-4-9-23(16)39-24)10-6-5-8-21(26(36)22(15-35)38-2)34(32)14-20(31)17-11-18(28)25(30)19(29)12-17/h3-4,7,9,11-14,21-22,26,35-36H,5-6,8,10,15,31-32H2,1-2H3/b20-14-. The molecule has 0 radical (unpaired) electrons. The van der Waals surface area contributed by atoms with E-state index in [0.29, 0.717) is 30.7 Å². The van der Waals surface area contributed by atoms with Crippen molar-refractivity contribution in [2.45, 2.75) is 37.5 Å². The number of nitrogens with zero attached hydrogens (tertiary/aromatic N) is 2. The number of halogens is 3. The van der Waals surface area contributed by atoms with Crippen LogP contribution in [0.1, 0.15) is 34.5 Å². The van der Waals surface area contributed by atoms with Crippen molar-refractivity contribution in [2.24, 2.45) is 11.6 Å². The van der Waals surface area contributed by atoms with Crippen LogP contribution in [-0.2, 0) is 4.74 Å². The molecule has 3 atom stereocenters. The van der Waals surface area contributed by atoms with Gasteiger partial charge in [-0.15, -0.1) is 11.3 Å². The highest BCUT2D eigenvalue weighted by Gasteiger charge is 2.30. The van der Waals surface area contributed by atoms with Crippen LogP contribution in [0.3, 0.4) is 0 Å². The Morgan fingerprint density at radius 2 is 1.82 bits per heavy atom. The third-order valence-corrected chi connectivity index (χ3v) is 7.58. The SMILES string of the molecule is COC(CO)C(O)C(CCCCN(C)C(=O)c1cc2ccccc2s1)N(N)/C=C(\N)c1cc(F)c(F)c(F)c1. The molecule has 0 bridgehead atoms. The van der Waals surface area contributed by atoms with Crippen molar-refractivity contribution in [2.75, 3.05) is 27.3 Å². The van der Waals surface area contributed by atoms with Gasteiger partial charge in [-0.1, -0.05) is 18.2 Å². The van der Waals surface area contributed by atoms with Crippen molar-refractivity contribution in [1.29, 1.82) is 0 Å². The second kappa shape index (κ2) is 13.8. The van der Waals surface area contributed by atoms with E-state index < -0.39 is 42.3 Å². The predicted octanol–water partition coefficient (Wildman–Crippen LogP) is 3.43. The molecule has 0 aliphatic carbocycles. The van der Waals surface area contributed by atoms with Crippen LogP contribution < -0.4 is 11.6 Å². The van der Waals surface area contributed by atoms with Gasteiger partial charge in [0, 0.05) is 37.2 Å². The number of benzene rings is 2. The number of hydrogen-bond acceptors (Lipinski definition) is 8. The van der Waals surface area contributed by atoms with Crippen LogP contribution in [0, 0.1) is 17.5 Å². The van der Waals surface area contributed by atoms with Crippen molar-refractivity contribution >= 4 is 33.0 Å². The summed E-state index contributed by atoms with van der Waals surface area (Å²) in [5, 5.41) is 22.5. The highest BCUT2D eigenvalue weighted by Crippen LogP contribution is 2.26. The van der Waals surface area contributed by atoms with Gasteiger partial charge >= 0.3 is 0 Å². The Morgan fingerprint density at radius 1 is 1.15 bits per heavy atom. The summed E-state index contributed by atoms with van der Waals surface area (Å²) in [6.45, 7) is -0.0394. The van der Waals surface area contributed by atoms with Crippen LogP contribution in [0.4, 0.5) is 13.2 Å². The molecule has 0 fully saturated rings. The number of carbonyl (C=O) groups excluding carboxylic acids is 1. The highest BCUT2D eigenvalue weighted by atomic mass is 32.1. The summed E-state index contributed by atoms with van der Waals surface area (Å²) in [5.74, 6) is 1.64. The number of amides is 1. The molecule has 0 saturated carbocycles. The summed E-state index contributed by atoms with van der Waals surface area (Å²) >= 11 is 1.43. The summed E-state index contributed by atoms with van der Waals surface area (Å²) < 4.78 is 46.8. The Hall–Kier alpha value is -3.16. The molecule has 3 unspecified atom stereocenters. The molecule has 1 amide bonds. The number of unbranched alkanes of at least 4 members (excludes halogenated alkanes) is 1. The Bertz CT molecular complexity index is 1250. The van der Waals surface area contributed by atoms with Gasteiger partial charge in [-0.3, -0.25) is 4.79 Å². The third kappa shape index (κ3) is 7.49. The number of fused-ring (bicyclic) bond motifs is 1. The second-order valence-electron chi connectivity index (χ2n) is 9.17. The smallest absolute Gasteiger partial charge is 0.263 e. The van der Waals surface area contributed by atoms with Crippen LogP contribution in [0.25, 0.3) is 15.8 Å². The monoisotopic (exact) mass is 566 g/mol. The fourth-order valence-corrected chi connectivity index (χ4v) is 5.26. The van der Waals surface area contributed by atoms with Gasteiger partial charge in [-0.2, -0.15) is 0 Å². The number of hydrogen-bond donors (Lipinski definition) is 4. The molecule has 39 heavy (non-hydrogen) atoms. The molecule has 6 N–H and O–H groups in total. The lowest BCUT2D eigenvalue weighted by atomic mass is 9.99. The molecular weight excluding hydrogens is 533 g/mol. The van der Waals surface area contributed by atoms with Gasteiger partial charge in [0.05, 0.1) is 23.2 Å². The van der Waals surface area contributed by atoms with Crippen LogP contribution >= 0.6 is 11.3 Å². The molecule has 0 aliphatic rings.